The van der Waals surface area contributed by atoms with Gasteiger partial charge >= 0.3 is 6.09 Å². The summed E-state index contributed by atoms with van der Waals surface area (Å²) < 4.78 is 6.16. The second kappa shape index (κ2) is 6.26. The summed E-state index contributed by atoms with van der Waals surface area (Å²) in [6.07, 6.45) is 1.49. The van der Waals surface area contributed by atoms with E-state index in [2.05, 4.69) is 20.9 Å². The van der Waals surface area contributed by atoms with E-state index in [4.69, 9.17) is 4.74 Å². The third-order valence-electron chi connectivity index (χ3n) is 3.57. The fourth-order valence-electron chi connectivity index (χ4n) is 2.34. The van der Waals surface area contributed by atoms with Crippen molar-refractivity contribution in [1.29, 1.82) is 0 Å². The van der Waals surface area contributed by atoms with Crippen LogP contribution in [0.15, 0.2) is 53.3 Å². The number of pyridine rings is 1. The lowest BCUT2D eigenvalue weighted by atomic mass is 9.93. The number of hydrogen-bond donors (Lipinski definition) is 0. The maximum atomic E-state index is 11.9. The number of aromatic nitrogens is 1. The molecule has 0 spiro atoms. The molecule has 0 bridgehead atoms. The zero-order valence-corrected chi connectivity index (χ0v) is 13.0. The maximum absolute atomic E-state index is 11.9. The molecule has 1 aromatic carbocycles. The van der Waals surface area contributed by atoms with Gasteiger partial charge in [0.2, 0.25) is 0 Å². The molecule has 2 aromatic rings. The molecule has 1 aromatic heterocycles. The Kier molecular flexibility index (Phi) is 4.20. The van der Waals surface area contributed by atoms with Crippen molar-refractivity contribution in [2.45, 2.75) is 12.5 Å². The molecule has 3 rings (SSSR count). The van der Waals surface area contributed by atoms with Gasteiger partial charge in [-0.15, -0.1) is 0 Å². The van der Waals surface area contributed by atoms with Gasteiger partial charge in [-0.3, -0.25) is 0 Å². The number of carbonyl (C=O) groups excluding carboxylic acids is 1. The van der Waals surface area contributed by atoms with E-state index in [0.29, 0.717) is 25.6 Å². The van der Waals surface area contributed by atoms with Crippen LogP contribution in [0.1, 0.15) is 17.0 Å². The molecule has 2 heterocycles. The van der Waals surface area contributed by atoms with Crippen LogP contribution in [0, 0.1) is 0 Å². The van der Waals surface area contributed by atoms with Crippen LogP contribution in [0.5, 0.6) is 0 Å². The number of likely N-dealkylation sites (tertiary alicyclic amines) is 1. The van der Waals surface area contributed by atoms with E-state index >= 15 is 0 Å². The SMILES string of the molecule is O=C(OCc1ccccc1)N1CC(c2cccnc2Br)C1. The van der Waals surface area contributed by atoms with Crippen molar-refractivity contribution < 1.29 is 9.53 Å². The lowest BCUT2D eigenvalue weighted by molar-refractivity contribution is 0.0662. The van der Waals surface area contributed by atoms with Crippen molar-refractivity contribution in [1.82, 2.24) is 9.88 Å². The van der Waals surface area contributed by atoms with E-state index in [9.17, 15) is 4.79 Å². The third kappa shape index (κ3) is 3.24. The highest BCUT2D eigenvalue weighted by molar-refractivity contribution is 9.10. The average Bonchev–Trinajstić information content (AvgIpc) is 2.47. The highest BCUT2D eigenvalue weighted by atomic mass is 79.9. The first kappa shape index (κ1) is 14.1. The van der Waals surface area contributed by atoms with E-state index in [0.717, 1.165) is 15.7 Å². The lowest BCUT2D eigenvalue weighted by Crippen LogP contribution is -2.48. The Morgan fingerprint density at radius 2 is 2.00 bits per heavy atom. The first-order valence-electron chi connectivity index (χ1n) is 6.80. The lowest BCUT2D eigenvalue weighted by Gasteiger charge is -2.38. The molecule has 1 fully saturated rings. The second-order valence-corrected chi connectivity index (χ2v) is 5.78. The van der Waals surface area contributed by atoms with Gasteiger partial charge in [-0.25, -0.2) is 9.78 Å². The fraction of sp³-hybridized carbons (Fsp3) is 0.250. The maximum Gasteiger partial charge on any atom is 0.410 e. The second-order valence-electron chi connectivity index (χ2n) is 5.03. The Morgan fingerprint density at radius 3 is 2.71 bits per heavy atom. The zero-order chi connectivity index (χ0) is 14.7. The van der Waals surface area contributed by atoms with Gasteiger partial charge in [0.15, 0.2) is 0 Å². The Bertz CT molecular complexity index is 627. The number of rotatable bonds is 3. The predicted octanol–water partition coefficient (Wildman–Crippen LogP) is 3.58. The Balaban J connectivity index is 1.50. The van der Waals surface area contributed by atoms with E-state index in [-0.39, 0.29) is 6.09 Å². The third-order valence-corrected chi connectivity index (χ3v) is 4.24. The summed E-state index contributed by atoms with van der Waals surface area (Å²) in [5, 5.41) is 0. The highest BCUT2D eigenvalue weighted by Gasteiger charge is 2.33. The van der Waals surface area contributed by atoms with Gasteiger partial charge in [-0.2, -0.15) is 0 Å². The van der Waals surface area contributed by atoms with Crippen LogP contribution in [0.2, 0.25) is 0 Å². The standard InChI is InChI=1S/C16H15BrN2O2/c17-15-14(7-4-8-18-15)13-9-19(10-13)16(20)21-11-12-5-2-1-3-6-12/h1-8,13H,9-11H2. The van der Waals surface area contributed by atoms with Crippen LogP contribution in [0.3, 0.4) is 0 Å². The minimum atomic E-state index is -0.255. The number of ether oxygens (including phenoxy) is 1. The summed E-state index contributed by atoms with van der Waals surface area (Å²) in [5.74, 6) is 0.331. The van der Waals surface area contributed by atoms with Crippen molar-refractivity contribution in [3.8, 4) is 0 Å². The molecule has 0 unspecified atom stereocenters. The average molecular weight is 347 g/mol. The van der Waals surface area contributed by atoms with Crippen LogP contribution in [0.4, 0.5) is 4.79 Å². The Labute approximate surface area is 131 Å². The molecule has 1 saturated heterocycles. The van der Waals surface area contributed by atoms with Gasteiger partial charge in [0.1, 0.15) is 11.2 Å². The summed E-state index contributed by atoms with van der Waals surface area (Å²) in [4.78, 5) is 17.9. The molecule has 0 radical (unpaired) electrons. The number of benzene rings is 1. The molecule has 0 N–H and O–H groups in total. The van der Waals surface area contributed by atoms with Crippen molar-refractivity contribution in [3.05, 3.63) is 64.4 Å². The molecule has 1 amide bonds. The molecule has 1 aliphatic heterocycles. The first-order chi connectivity index (χ1) is 10.2. The topological polar surface area (TPSA) is 42.4 Å². The molecule has 4 nitrogen and oxygen atoms in total. The molecule has 21 heavy (non-hydrogen) atoms. The van der Waals surface area contributed by atoms with E-state index in [1.165, 1.54) is 0 Å². The fourth-order valence-corrected chi connectivity index (χ4v) is 2.91. The van der Waals surface area contributed by atoms with Crippen LogP contribution in [0.25, 0.3) is 0 Å². The predicted molar refractivity (Wildman–Crippen MR) is 82.9 cm³/mol. The monoisotopic (exact) mass is 346 g/mol. The molecule has 0 aliphatic carbocycles. The number of amides is 1. The molecular formula is C16H15BrN2O2. The number of hydrogen-bond acceptors (Lipinski definition) is 3. The van der Waals surface area contributed by atoms with Crippen LogP contribution >= 0.6 is 15.9 Å². The van der Waals surface area contributed by atoms with Gasteiger partial charge < -0.3 is 9.64 Å². The summed E-state index contributed by atoms with van der Waals surface area (Å²) in [6, 6.07) is 13.6. The van der Waals surface area contributed by atoms with Gasteiger partial charge in [0.05, 0.1) is 0 Å². The summed E-state index contributed by atoms with van der Waals surface area (Å²) in [7, 11) is 0. The van der Waals surface area contributed by atoms with Crippen molar-refractivity contribution in [2.75, 3.05) is 13.1 Å². The molecule has 0 atom stereocenters. The van der Waals surface area contributed by atoms with Crippen molar-refractivity contribution in [3.63, 3.8) is 0 Å². The van der Waals surface area contributed by atoms with Crippen molar-refractivity contribution in [2.24, 2.45) is 0 Å². The molecule has 108 valence electrons. The highest BCUT2D eigenvalue weighted by Crippen LogP contribution is 2.31. The summed E-state index contributed by atoms with van der Waals surface area (Å²) in [6.45, 7) is 1.67. The van der Waals surface area contributed by atoms with Gasteiger partial charge in [0, 0.05) is 25.2 Å². The summed E-state index contributed by atoms with van der Waals surface area (Å²) in [5.41, 5.74) is 2.14. The van der Waals surface area contributed by atoms with Crippen LogP contribution in [-0.2, 0) is 11.3 Å². The number of carbonyl (C=O) groups is 1. The Morgan fingerprint density at radius 1 is 1.24 bits per heavy atom. The number of nitrogens with zero attached hydrogens (tertiary/aromatic N) is 2. The van der Waals surface area contributed by atoms with E-state index < -0.39 is 0 Å². The van der Waals surface area contributed by atoms with E-state index in [1.54, 1.807) is 11.1 Å². The zero-order valence-electron chi connectivity index (χ0n) is 11.4. The minimum absolute atomic E-state index is 0.255. The normalized spacial score (nSPS) is 14.6. The Hall–Kier alpha value is -1.88. The van der Waals surface area contributed by atoms with Crippen LogP contribution < -0.4 is 0 Å². The van der Waals surface area contributed by atoms with Crippen LogP contribution in [-0.4, -0.2) is 29.1 Å². The van der Waals surface area contributed by atoms with Gasteiger partial charge in [-0.1, -0.05) is 36.4 Å². The smallest absolute Gasteiger partial charge is 0.410 e. The number of halogens is 1. The molecule has 0 saturated carbocycles. The molecule has 1 aliphatic rings. The van der Waals surface area contributed by atoms with Gasteiger partial charge in [0.25, 0.3) is 0 Å². The molecular weight excluding hydrogens is 332 g/mol. The quantitative estimate of drug-likeness (QED) is 0.797. The molecule has 5 heteroatoms. The van der Waals surface area contributed by atoms with Crippen molar-refractivity contribution >= 4 is 22.0 Å². The van der Waals surface area contributed by atoms with E-state index in [1.807, 2.05) is 42.5 Å². The minimum Gasteiger partial charge on any atom is -0.445 e. The largest absolute Gasteiger partial charge is 0.445 e. The summed E-state index contributed by atoms with van der Waals surface area (Å²) >= 11 is 3.44. The van der Waals surface area contributed by atoms with Gasteiger partial charge in [-0.05, 0) is 33.1 Å². The first-order valence-corrected chi connectivity index (χ1v) is 7.59.